The molecule has 0 spiro atoms. The van der Waals surface area contributed by atoms with Gasteiger partial charge in [-0.25, -0.2) is 0 Å². The number of hydrogen-bond acceptors (Lipinski definition) is 4. The largest absolute Gasteiger partial charge is 0.365 e. The second-order valence-electron chi connectivity index (χ2n) is 4.20. The molecule has 4 nitrogen and oxygen atoms in total. The number of thiophene rings is 1. The van der Waals surface area contributed by atoms with Gasteiger partial charge < -0.3 is 10.1 Å². The maximum atomic E-state index is 6.02. The first-order chi connectivity index (χ1) is 8.74. The molecule has 0 aliphatic rings. The first-order valence-corrected chi connectivity index (χ1v) is 6.90. The molecule has 2 rings (SSSR count). The van der Waals surface area contributed by atoms with Gasteiger partial charge in [0.2, 0.25) is 0 Å². The summed E-state index contributed by atoms with van der Waals surface area (Å²) >= 11 is 1.74. The maximum Gasteiger partial charge on any atom is 0.133 e. The molecule has 0 fully saturated rings. The second-order valence-corrected chi connectivity index (χ2v) is 5.15. The molecule has 0 radical (unpaired) electrons. The van der Waals surface area contributed by atoms with Crippen molar-refractivity contribution in [3.63, 3.8) is 0 Å². The highest BCUT2D eigenvalue weighted by atomic mass is 32.1. The Balaban J connectivity index is 2.24. The monoisotopic (exact) mass is 265 g/mol. The van der Waals surface area contributed by atoms with Gasteiger partial charge >= 0.3 is 0 Å². The van der Waals surface area contributed by atoms with Crippen LogP contribution in [0.15, 0.2) is 23.7 Å². The zero-order chi connectivity index (χ0) is 13.0. The van der Waals surface area contributed by atoms with Crippen LogP contribution in [0.1, 0.15) is 22.2 Å². The molecule has 0 unspecified atom stereocenters. The number of ether oxygens (including phenoxy) is 1. The number of hydrogen-bond donors (Lipinski definition) is 1. The zero-order valence-electron chi connectivity index (χ0n) is 11.0. The van der Waals surface area contributed by atoms with Crippen LogP contribution in [-0.4, -0.2) is 30.0 Å². The Kier molecular flexibility index (Phi) is 4.52. The summed E-state index contributed by atoms with van der Waals surface area (Å²) in [6.45, 7) is 3.65. The molecule has 98 valence electrons. The van der Waals surface area contributed by atoms with Crippen molar-refractivity contribution < 1.29 is 4.74 Å². The summed E-state index contributed by atoms with van der Waals surface area (Å²) < 4.78 is 7.90. The molecule has 1 N–H and O–H groups in total. The first kappa shape index (κ1) is 13.3. The topological polar surface area (TPSA) is 39.1 Å². The van der Waals surface area contributed by atoms with Crippen LogP contribution in [-0.2, 0) is 11.8 Å². The lowest BCUT2D eigenvalue weighted by atomic mass is 10.1. The van der Waals surface area contributed by atoms with Gasteiger partial charge in [-0.2, -0.15) is 5.10 Å². The van der Waals surface area contributed by atoms with E-state index in [4.69, 9.17) is 4.74 Å². The van der Waals surface area contributed by atoms with Crippen molar-refractivity contribution in [2.45, 2.75) is 13.0 Å². The van der Waals surface area contributed by atoms with Crippen molar-refractivity contribution in [3.05, 3.63) is 39.8 Å². The standard InChI is InChI=1S/C13H19N3OS/c1-10-5-9-18-13(10)12(17-8-7-14-2)11-4-6-15-16(11)3/h4-6,9,12,14H,7-8H2,1-3H3/t12-/m1/s1. The van der Waals surface area contributed by atoms with Gasteiger partial charge in [0.1, 0.15) is 6.10 Å². The zero-order valence-corrected chi connectivity index (χ0v) is 11.8. The molecule has 0 bridgehead atoms. The molecular weight excluding hydrogens is 246 g/mol. The summed E-state index contributed by atoms with van der Waals surface area (Å²) in [5.74, 6) is 0. The van der Waals surface area contributed by atoms with E-state index >= 15 is 0 Å². The summed E-state index contributed by atoms with van der Waals surface area (Å²) in [4.78, 5) is 1.26. The molecule has 0 amide bonds. The lowest BCUT2D eigenvalue weighted by Crippen LogP contribution is -2.18. The summed E-state index contributed by atoms with van der Waals surface area (Å²) in [5, 5.41) is 9.44. The minimum atomic E-state index is -0.0224. The van der Waals surface area contributed by atoms with Gasteiger partial charge in [-0.3, -0.25) is 4.68 Å². The predicted molar refractivity (Wildman–Crippen MR) is 74.0 cm³/mol. The van der Waals surface area contributed by atoms with E-state index in [9.17, 15) is 0 Å². The highest BCUT2D eigenvalue weighted by Crippen LogP contribution is 2.31. The van der Waals surface area contributed by atoms with Crippen molar-refractivity contribution in [1.29, 1.82) is 0 Å². The molecule has 1 atom stereocenters. The van der Waals surface area contributed by atoms with Gasteiger partial charge in [-0.1, -0.05) is 0 Å². The third-order valence-corrected chi connectivity index (χ3v) is 3.97. The van der Waals surface area contributed by atoms with Crippen molar-refractivity contribution in [1.82, 2.24) is 15.1 Å². The third-order valence-electron chi connectivity index (χ3n) is 2.90. The average Bonchev–Trinajstić information content (AvgIpc) is 2.95. The van der Waals surface area contributed by atoms with E-state index in [0.29, 0.717) is 6.61 Å². The Hall–Kier alpha value is -1.17. The molecule has 0 saturated carbocycles. The molecule has 0 aliphatic carbocycles. The highest BCUT2D eigenvalue weighted by molar-refractivity contribution is 7.10. The van der Waals surface area contributed by atoms with Crippen LogP contribution in [0, 0.1) is 6.92 Å². The lowest BCUT2D eigenvalue weighted by molar-refractivity contribution is 0.0796. The van der Waals surface area contributed by atoms with E-state index in [1.807, 2.05) is 31.0 Å². The maximum absolute atomic E-state index is 6.02. The van der Waals surface area contributed by atoms with Crippen LogP contribution in [0.3, 0.4) is 0 Å². The molecule has 2 aromatic rings. The van der Waals surface area contributed by atoms with Gasteiger partial charge in [0.25, 0.3) is 0 Å². The minimum Gasteiger partial charge on any atom is -0.365 e. The Labute approximate surface area is 112 Å². The Morgan fingerprint density at radius 3 is 2.89 bits per heavy atom. The number of rotatable bonds is 6. The Bertz CT molecular complexity index is 452. The Morgan fingerprint density at radius 2 is 2.33 bits per heavy atom. The number of likely N-dealkylation sites (N-methyl/N-ethyl adjacent to an activating group) is 1. The van der Waals surface area contributed by atoms with Crippen molar-refractivity contribution in [2.75, 3.05) is 20.2 Å². The van der Waals surface area contributed by atoms with Gasteiger partial charge in [0.05, 0.1) is 12.3 Å². The van der Waals surface area contributed by atoms with Crippen molar-refractivity contribution in [3.8, 4) is 0 Å². The molecule has 0 saturated heterocycles. The third kappa shape index (κ3) is 2.80. The molecule has 18 heavy (non-hydrogen) atoms. The van der Waals surface area contributed by atoms with E-state index in [1.54, 1.807) is 11.3 Å². The van der Waals surface area contributed by atoms with Gasteiger partial charge in [-0.05, 0) is 37.0 Å². The van der Waals surface area contributed by atoms with Gasteiger partial charge in [0, 0.05) is 24.7 Å². The highest BCUT2D eigenvalue weighted by Gasteiger charge is 2.20. The lowest BCUT2D eigenvalue weighted by Gasteiger charge is -2.18. The second kappa shape index (κ2) is 6.13. The van der Waals surface area contributed by atoms with Crippen LogP contribution in [0.25, 0.3) is 0 Å². The quantitative estimate of drug-likeness (QED) is 0.813. The van der Waals surface area contributed by atoms with Gasteiger partial charge in [-0.15, -0.1) is 11.3 Å². The molecule has 2 aromatic heterocycles. The number of nitrogens with zero attached hydrogens (tertiary/aromatic N) is 2. The predicted octanol–water partition coefficient (Wildman–Crippen LogP) is 2.12. The van der Waals surface area contributed by atoms with Gasteiger partial charge in [0.15, 0.2) is 0 Å². The summed E-state index contributed by atoms with van der Waals surface area (Å²) in [6.07, 6.45) is 1.79. The fourth-order valence-corrected chi connectivity index (χ4v) is 2.85. The summed E-state index contributed by atoms with van der Waals surface area (Å²) in [6, 6.07) is 4.15. The van der Waals surface area contributed by atoms with Crippen LogP contribution in [0.5, 0.6) is 0 Å². The van der Waals surface area contributed by atoms with E-state index < -0.39 is 0 Å². The van der Waals surface area contributed by atoms with Crippen molar-refractivity contribution >= 4 is 11.3 Å². The normalized spacial score (nSPS) is 12.8. The SMILES string of the molecule is CNCCO[C@@H](c1sccc1C)c1ccnn1C. The van der Waals surface area contributed by atoms with E-state index in [1.165, 1.54) is 10.4 Å². The van der Waals surface area contributed by atoms with Crippen LogP contribution >= 0.6 is 11.3 Å². The summed E-state index contributed by atoms with van der Waals surface area (Å²) in [7, 11) is 3.88. The van der Waals surface area contributed by atoms with Crippen LogP contribution in [0.2, 0.25) is 0 Å². The molecule has 5 heteroatoms. The van der Waals surface area contributed by atoms with Crippen LogP contribution < -0.4 is 5.32 Å². The Morgan fingerprint density at radius 1 is 1.50 bits per heavy atom. The average molecular weight is 265 g/mol. The fraction of sp³-hybridized carbons (Fsp3) is 0.462. The number of aryl methyl sites for hydroxylation is 2. The smallest absolute Gasteiger partial charge is 0.133 e. The van der Waals surface area contributed by atoms with E-state index in [-0.39, 0.29) is 6.10 Å². The van der Waals surface area contributed by atoms with E-state index in [2.05, 4.69) is 28.8 Å². The molecule has 0 aromatic carbocycles. The summed E-state index contributed by atoms with van der Waals surface area (Å²) in [5.41, 5.74) is 2.37. The molecule has 2 heterocycles. The van der Waals surface area contributed by atoms with E-state index in [0.717, 1.165) is 12.2 Å². The first-order valence-electron chi connectivity index (χ1n) is 6.02. The number of aromatic nitrogens is 2. The van der Waals surface area contributed by atoms with Crippen LogP contribution in [0.4, 0.5) is 0 Å². The molecular formula is C13H19N3OS. The fourth-order valence-electron chi connectivity index (χ4n) is 1.87. The minimum absolute atomic E-state index is 0.0224. The van der Waals surface area contributed by atoms with Crippen molar-refractivity contribution in [2.24, 2.45) is 7.05 Å². The number of nitrogens with one attached hydrogen (secondary N) is 1. The molecule has 0 aliphatic heterocycles.